The van der Waals surface area contributed by atoms with Crippen LogP contribution in [-0.4, -0.2) is 42.4 Å². The Balaban J connectivity index is 1.44. The number of carbonyl (C=O) groups is 1. The van der Waals surface area contributed by atoms with Crippen LogP contribution in [0.5, 0.6) is 17.2 Å². The summed E-state index contributed by atoms with van der Waals surface area (Å²) in [5.74, 6) is 2.03. The predicted molar refractivity (Wildman–Crippen MR) is 137 cm³/mol. The Kier molecular flexibility index (Phi) is 8.49. The van der Waals surface area contributed by atoms with Crippen LogP contribution in [0.3, 0.4) is 0 Å². The second kappa shape index (κ2) is 12.2. The molecule has 0 saturated carbocycles. The molecule has 0 saturated heterocycles. The van der Waals surface area contributed by atoms with Crippen LogP contribution in [0.2, 0.25) is 0 Å². The summed E-state index contributed by atoms with van der Waals surface area (Å²) >= 11 is 0. The van der Waals surface area contributed by atoms with Crippen LogP contribution in [0.25, 0.3) is 6.08 Å². The van der Waals surface area contributed by atoms with Gasteiger partial charge < -0.3 is 28.6 Å². The maximum atomic E-state index is 11.4. The average Bonchev–Trinajstić information content (AvgIpc) is 3.34. The zero-order valence-corrected chi connectivity index (χ0v) is 20.7. The van der Waals surface area contributed by atoms with Crippen LogP contribution >= 0.6 is 0 Å². The van der Waals surface area contributed by atoms with Crippen LogP contribution in [0.1, 0.15) is 43.2 Å². The monoisotopic (exact) mass is 492 g/mol. The lowest BCUT2D eigenvalue weighted by atomic mass is 10.1. The summed E-state index contributed by atoms with van der Waals surface area (Å²) in [5.41, 5.74) is 1.84. The number of rotatable bonds is 13. The van der Waals surface area contributed by atoms with E-state index in [-0.39, 0.29) is 0 Å². The van der Waals surface area contributed by atoms with Crippen LogP contribution < -0.4 is 19.1 Å². The zero-order chi connectivity index (χ0) is 25.3. The number of oxazole rings is 1. The van der Waals surface area contributed by atoms with E-state index >= 15 is 0 Å². The van der Waals surface area contributed by atoms with Crippen molar-refractivity contribution in [1.82, 2.24) is 4.98 Å². The zero-order valence-electron chi connectivity index (χ0n) is 20.7. The molecule has 1 heterocycles. The van der Waals surface area contributed by atoms with Gasteiger partial charge in [0, 0.05) is 19.5 Å². The van der Waals surface area contributed by atoms with Crippen molar-refractivity contribution in [2.75, 3.05) is 25.2 Å². The molecule has 1 N–H and O–H groups in total. The Labute approximate surface area is 211 Å². The van der Waals surface area contributed by atoms with E-state index in [2.05, 4.69) is 11.0 Å². The molecule has 0 amide bonds. The molecule has 190 valence electrons. The quantitative estimate of drug-likeness (QED) is 0.319. The normalized spacial score (nSPS) is 13.1. The molecular formula is C28H32N2O6. The largest absolute Gasteiger partial charge is 0.497 e. The molecule has 1 aliphatic carbocycles. The van der Waals surface area contributed by atoms with Gasteiger partial charge in [0.25, 0.3) is 6.01 Å². The molecule has 0 radical (unpaired) electrons. The molecule has 0 fully saturated rings. The number of fused-ring (bicyclic) bond motifs is 1. The van der Waals surface area contributed by atoms with Crippen molar-refractivity contribution in [3.8, 4) is 17.2 Å². The highest BCUT2D eigenvalue weighted by atomic mass is 16.5. The molecule has 36 heavy (non-hydrogen) atoms. The maximum Gasteiger partial charge on any atom is 0.344 e. The number of carboxylic acid groups (broad SMARTS) is 1. The number of hydrogen-bond acceptors (Lipinski definition) is 7. The molecule has 8 nitrogen and oxygen atoms in total. The van der Waals surface area contributed by atoms with Crippen molar-refractivity contribution in [2.45, 2.75) is 45.3 Å². The van der Waals surface area contributed by atoms with E-state index in [0.29, 0.717) is 37.9 Å². The Morgan fingerprint density at radius 1 is 1.17 bits per heavy atom. The van der Waals surface area contributed by atoms with Crippen LogP contribution in [0.15, 0.2) is 59.0 Å². The molecule has 0 bridgehead atoms. The average molecular weight is 493 g/mol. The molecule has 1 atom stereocenters. The SMILES string of the molecule is CC[C@@H](Oc1cccc(CN(CCCOc2ccc(OC)cc2)c2nc3c(o2)CCC=C3)c1)C(=O)O. The number of ether oxygens (including phenoxy) is 3. The summed E-state index contributed by atoms with van der Waals surface area (Å²) < 4.78 is 22.9. The van der Waals surface area contributed by atoms with E-state index in [0.717, 1.165) is 47.8 Å². The van der Waals surface area contributed by atoms with Crippen LogP contribution in [0.4, 0.5) is 6.01 Å². The first kappa shape index (κ1) is 25.2. The second-order valence-corrected chi connectivity index (χ2v) is 8.55. The van der Waals surface area contributed by atoms with Crippen LogP contribution in [-0.2, 0) is 17.8 Å². The predicted octanol–water partition coefficient (Wildman–Crippen LogP) is 5.36. The Bertz CT molecular complexity index is 1170. The topological polar surface area (TPSA) is 94.3 Å². The molecule has 2 aromatic carbocycles. The Morgan fingerprint density at radius 3 is 2.69 bits per heavy atom. The Morgan fingerprint density at radius 2 is 1.97 bits per heavy atom. The third kappa shape index (κ3) is 6.59. The van der Waals surface area contributed by atoms with Gasteiger partial charge in [-0.05, 0) is 67.3 Å². The molecule has 8 heteroatoms. The van der Waals surface area contributed by atoms with E-state index in [4.69, 9.17) is 23.6 Å². The van der Waals surface area contributed by atoms with Gasteiger partial charge >= 0.3 is 5.97 Å². The van der Waals surface area contributed by atoms with Gasteiger partial charge in [-0.3, -0.25) is 0 Å². The van der Waals surface area contributed by atoms with E-state index in [9.17, 15) is 9.90 Å². The molecule has 1 aliphatic rings. The number of methoxy groups -OCH3 is 1. The lowest BCUT2D eigenvalue weighted by Crippen LogP contribution is -2.27. The number of nitrogens with zero attached hydrogens (tertiary/aromatic N) is 2. The summed E-state index contributed by atoms with van der Waals surface area (Å²) in [5, 5.41) is 9.33. The summed E-state index contributed by atoms with van der Waals surface area (Å²) in [6.45, 7) is 3.52. The standard InChI is InChI=1S/C28H32N2O6/c1-3-25(27(31)32)35-23-9-6-8-20(18-23)19-30(28-29-24-10-4-5-11-26(24)36-28)16-7-17-34-22-14-12-21(33-2)13-15-22/h4,6,8-10,12-15,18,25H,3,5,7,11,16-17,19H2,1-2H3,(H,31,32)/t25-/m1/s1. The smallest absolute Gasteiger partial charge is 0.344 e. The van der Waals surface area contributed by atoms with Crippen molar-refractivity contribution in [3.63, 3.8) is 0 Å². The van der Waals surface area contributed by atoms with Gasteiger partial charge in [0.15, 0.2) is 6.10 Å². The highest BCUT2D eigenvalue weighted by Crippen LogP contribution is 2.27. The van der Waals surface area contributed by atoms with Crippen molar-refractivity contribution in [2.24, 2.45) is 0 Å². The molecule has 3 aromatic rings. The molecule has 1 aromatic heterocycles. The van der Waals surface area contributed by atoms with Crippen molar-refractivity contribution in [1.29, 1.82) is 0 Å². The molecule has 0 aliphatic heterocycles. The highest BCUT2D eigenvalue weighted by molar-refractivity contribution is 5.72. The third-order valence-electron chi connectivity index (χ3n) is 5.90. The van der Waals surface area contributed by atoms with Gasteiger partial charge in [-0.2, -0.15) is 4.98 Å². The third-order valence-corrected chi connectivity index (χ3v) is 5.90. The van der Waals surface area contributed by atoms with Gasteiger partial charge in [-0.15, -0.1) is 0 Å². The minimum Gasteiger partial charge on any atom is -0.497 e. The van der Waals surface area contributed by atoms with Gasteiger partial charge in [0.2, 0.25) is 0 Å². The minimum atomic E-state index is -0.972. The van der Waals surface area contributed by atoms with Gasteiger partial charge in [0.1, 0.15) is 28.7 Å². The van der Waals surface area contributed by atoms with Gasteiger partial charge in [-0.25, -0.2) is 4.79 Å². The number of allylic oxidation sites excluding steroid dienone is 1. The number of benzene rings is 2. The lowest BCUT2D eigenvalue weighted by Gasteiger charge is -2.21. The first-order valence-corrected chi connectivity index (χ1v) is 12.2. The number of aromatic nitrogens is 1. The fourth-order valence-electron chi connectivity index (χ4n) is 3.97. The molecule has 4 rings (SSSR count). The van der Waals surface area contributed by atoms with Gasteiger partial charge in [0.05, 0.1) is 13.7 Å². The number of aliphatic carboxylic acids is 1. The van der Waals surface area contributed by atoms with Crippen molar-refractivity contribution < 1.29 is 28.5 Å². The first-order chi connectivity index (χ1) is 17.6. The van der Waals surface area contributed by atoms with Crippen molar-refractivity contribution >= 4 is 18.1 Å². The highest BCUT2D eigenvalue weighted by Gasteiger charge is 2.20. The number of aryl methyl sites for hydroxylation is 1. The maximum absolute atomic E-state index is 11.4. The number of hydrogen-bond donors (Lipinski definition) is 1. The first-order valence-electron chi connectivity index (χ1n) is 12.2. The fourth-order valence-corrected chi connectivity index (χ4v) is 3.97. The fraction of sp³-hybridized carbons (Fsp3) is 0.357. The van der Waals surface area contributed by atoms with E-state index in [1.165, 1.54) is 0 Å². The van der Waals surface area contributed by atoms with E-state index < -0.39 is 12.1 Å². The minimum absolute atomic E-state index is 0.384. The van der Waals surface area contributed by atoms with Crippen LogP contribution in [0, 0.1) is 0 Å². The summed E-state index contributed by atoms with van der Waals surface area (Å²) in [6.07, 6.45) is 6.15. The summed E-state index contributed by atoms with van der Waals surface area (Å²) in [6, 6.07) is 15.6. The summed E-state index contributed by atoms with van der Waals surface area (Å²) in [7, 11) is 1.64. The second-order valence-electron chi connectivity index (χ2n) is 8.55. The summed E-state index contributed by atoms with van der Waals surface area (Å²) in [4.78, 5) is 18.2. The van der Waals surface area contributed by atoms with Gasteiger partial charge in [-0.1, -0.05) is 25.1 Å². The number of anilines is 1. The number of carboxylic acids is 1. The molecule has 0 spiro atoms. The van der Waals surface area contributed by atoms with E-state index in [1.807, 2.05) is 48.5 Å². The van der Waals surface area contributed by atoms with Crippen molar-refractivity contribution in [3.05, 3.63) is 71.6 Å². The van der Waals surface area contributed by atoms with E-state index in [1.54, 1.807) is 20.1 Å². The lowest BCUT2D eigenvalue weighted by molar-refractivity contribution is -0.145. The molecule has 0 unspecified atom stereocenters. The Hall–Kier alpha value is -3.94. The molecular weight excluding hydrogens is 460 g/mol.